The molecule has 0 saturated heterocycles. The lowest BCUT2D eigenvalue weighted by Gasteiger charge is -2.13. The van der Waals surface area contributed by atoms with Gasteiger partial charge < -0.3 is 15.5 Å². The van der Waals surface area contributed by atoms with Crippen LogP contribution in [0.25, 0.3) is 0 Å². The molecule has 0 heterocycles. The molecule has 98 valence electrons. The van der Waals surface area contributed by atoms with Gasteiger partial charge in [-0.25, -0.2) is 9.18 Å². The Morgan fingerprint density at radius 2 is 2.00 bits per heavy atom. The van der Waals surface area contributed by atoms with Crippen molar-refractivity contribution in [2.75, 3.05) is 6.61 Å². The van der Waals surface area contributed by atoms with Crippen LogP contribution in [-0.2, 0) is 16.0 Å². The van der Waals surface area contributed by atoms with Crippen LogP contribution in [0.3, 0.4) is 0 Å². The number of rotatable bonds is 6. The molecular weight excluding hydrogens is 241 g/mol. The maximum absolute atomic E-state index is 13.3. The van der Waals surface area contributed by atoms with E-state index in [1.807, 2.05) is 0 Å². The van der Waals surface area contributed by atoms with Gasteiger partial charge in [-0.3, -0.25) is 4.79 Å². The fraction of sp³-hybridized carbons (Fsp3) is 0.333. The van der Waals surface area contributed by atoms with E-state index in [1.54, 1.807) is 6.07 Å². The second-order valence-electron chi connectivity index (χ2n) is 3.74. The lowest BCUT2D eigenvalue weighted by Crippen LogP contribution is -2.42. The lowest BCUT2D eigenvalue weighted by molar-refractivity contribution is -0.142. The number of carbonyl (C=O) groups is 2. The van der Waals surface area contributed by atoms with Gasteiger partial charge in [0.1, 0.15) is 11.9 Å². The summed E-state index contributed by atoms with van der Waals surface area (Å²) in [4.78, 5) is 22.3. The molecular formula is C12H14FNO4. The highest BCUT2D eigenvalue weighted by atomic mass is 19.1. The van der Waals surface area contributed by atoms with Gasteiger partial charge in [0.2, 0.25) is 5.91 Å². The Morgan fingerprint density at radius 3 is 2.56 bits per heavy atom. The Balaban J connectivity index is 2.61. The molecule has 0 aliphatic carbocycles. The van der Waals surface area contributed by atoms with Crippen LogP contribution in [0.1, 0.15) is 12.0 Å². The Morgan fingerprint density at radius 1 is 1.33 bits per heavy atom. The van der Waals surface area contributed by atoms with E-state index in [0.29, 0.717) is 0 Å². The molecule has 0 spiro atoms. The number of aliphatic hydroxyl groups is 1. The molecule has 1 atom stereocenters. The highest BCUT2D eigenvalue weighted by molar-refractivity contribution is 5.84. The molecule has 1 aromatic carbocycles. The monoisotopic (exact) mass is 255 g/mol. The smallest absolute Gasteiger partial charge is 0.326 e. The molecule has 18 heavy (non-hydrogen) atoms. The molecule has 1 amide bonds. The molecule has 0 unspecified atom stereocenters. The number of benzene rings is 1. The van der Waals surface area contributed by atoms with Crippen molar-refractivity contribution < 1.29 is 24.2 Å². The Kier molecular flexibility index (Phi) is 5.26. The van der Waals surface area contributed by atoms with E-state index in [9.17, 15) is 14.0 Å². The van der Waals surface area contributed by atoms with Gasteiger partial charge in [-0.15, -0.1) is 0 Å². The number of hydrogen-bond donors (Lipinski definition) is 3. The Hall–Kier alpha value is -1.95. The predicted octanol–water partition coefficient (Wildman–Crippen LogP) is 0.320. The van der Waals surface area contributed by atoms with E-state index >= 15 is 0 Å². The van der Waals surface area contributed by atoms with Gasteiger partial charge in [-0.1, -0.05) is 18.2 Å². The predicted molar refractivity (Wildman–Crippen MR) is 61.4 cm³/mol. The number of carbonyl (C=O) groups excluding carboxylic acids is 1. The van der Waals surface area contributed by atoms with Crippen LogP contribution in [-0.4, -0.2) is 34.7 Å². The number of aliphatic hydroxyl groups excluding tert-OH is 1. The molecule has 3 N–H and O–H groups in total. The van der Waals surface area contributed by atoms with Crippen molar-refractivity contribution in [2.45, 2.75) is 18.9 Å². The molecule has 0 fully saturated rings. The van der Waals surface area contributed by atoms with Crippen LogP contribution >= 0.6 is 0 Å². The van der Waals surface area contributed by atoms with Gasteiger partial charge in [0.25, 0.3) is 0 Å². The van der Waals surface area contributed by atoms with Crippen LogP contribution in [0.5, 0.6) is 0 Å². The summed E-state index contributed by atoms with van der Waals surface area (Å²) < 4.78 is 13.3. The van der Waals surface area contributed by atoms with E-state index in [0.717, 1.165) is 0 Å². The zero-order chi connectivity index (χ0) is 13.5. The number of aliphatic carboxylic acids is 1. The van der Waals surface area contributed by atoms with Crippen LogP contribution in [0, 0.1) is 5.82 Å². The largest absolute Gasteiger partial charge is 0.480 e. The van der Waals surface area contributed by atoms with Crippen LogP contribution in [0.4, 0.5) is 4.39 Å². The first kappa shape index (κ1) is 14.1. The number of halogens is 1. The molecule has 1 rings (SSSR count). The molecule has 0 saturated carbocycles. The first-order valence-electron chi connectivity index (χ1n) is 5.41. The summed E-state index contributed by atoms with van der Waals surface area (Å²) in [7, 11) is 0. The molecule has 6 heteroatoms. The zero-order valence-corrected chi connectivity index (χ0v) is 9.60. The first-order valence-corrected chi connectivity index (χ1v) is 5.41. The molecule has 0 aromatic heterocycles. The maximum Gasteiger partial charge on any atom is 0.326 e. The molecule has 5 nitrogen and oxygen atoms in total. The van der Waals surface area contributed by atoms with E-state index in [2.05, 4.69) is 5.32 Å². The van der Waals surface area contributed by atoms with Crippen molar-refractivity contribution >= 4 is 11.9 Å². The maximum atomic E-state index is 13.3. The minimum absolute atomic E-state index is 0.0850. The minimum Gasteiger partial charge on any atom is -0.480 e. The third-order valence-electron chi connectivity index (χ3n) is 2.36. The van der Waals surface area contributed by atoms with Crippen molar-refractivity contribution in [3.8, 4) is 0 Å². The quantitative estimate of drug-likeness (QED) is 0.683. The van der Waals surface area contributed by atoms with Crippen molar-refractivity contribution in [1.82, 2.24) is 5.32 Å². The summed E-state index contributed by atoms with van der Waals surface area (Å²) in [5.41, 5.74) is 0.197. The molecule has 0 aliphatic heterocycles. The third-order valence-corrected chi connectivity index (χ3v) is 2.36. The third kappa shape index (κ3) is 4.14. The van der Waals surface area contributed by atoms with E-state index in [1.165, 1.54) is 18.2 Å². The second kappa shape index (κ2) is 6.70. The zero-order valence-electron chi connectivity index (χ0n) is 9.60. The van der Waals surface area contributed by atoms with Crippen molar-refractivity contribution in [1.29, 1.82) is 0 Å². The molecule has 0 aliphatic rings. The molecule has 0 bridgehead atoms. The number of carboxylic acid groups (broad SMARTS) is 1. The van der Waals surface area contributed by atoms with Gasteiger partial charge in [0.05, 0.1) is 6.42 Å². The van der Waals surface area contributed by atoms with Crippen LogP contribution < -0.4 is 5.32 Å². The average molecular weight is 255 g/mol. The van der Waals surface area contributed by atoms with Gasteiger partial charge in [0.15, 0.2) is 0 Å². The summed E-state index contributed by atoms with van der Waals surface area (Å²) in [6, 6.07) is 4.62. The van der Waals surface area contributed by atoms with E-state index in [-0.39, 0.29) is 25.0 Å². The van der Waals surface area contributed by atoms with Gasteiger partial charge in [-0.2, -0.15) is 0 Å². The number of carboxylic acids is 1. The SMILES string of the molecule is O=C(Cc1ccccc1F)N[C@H](CCO)C(=O)O. The van der Waals surface area contributed by atoms with Gasteiger partial charge in [-0.05, 0) is 11.6 Å². The normalized spacial score (nSPS) is 11.9. The Labute approximate surface area is 103 Å². The van der Waals surface area contributed by atoms with E-state index in [4.69, 9.17) is 10.2 Å². The fourth-order valence-electron chi connectivity index (χ4n) is 1.45. The average Bonchev–Trinajstić information content (AvgIpc) is 2.31. The van der Waals surface area contributed by atoms with Crippen LogP contribution in [0.2, 0.25) is 0 Å². The summed E-state index contributed by atoms with van der Waals surface area (Å²) in [5, 5.41) is 19.7. The highest BCUT2D eigenvalue weighted by Crippen LogP contribution is 2.07. The second-order valence-corrected chi connectivity index (χ2v) is 3.74. The summed E-state index contributed by atoms with van der Waals surface area (Å²) in [6.45, 7) is -0.350. The highest BCUT2D eigenvalue weighted by Gasteiger charge is 2.19. The topological polar surface area (TPSA) is 86.6 Å². The van der Waals surface area contributed by atoms with E-state index < -0.39 is 23.7 Å². The van der Waals surface area contributed by atoms with Crippen molar-refractivity contribution in [2.24, 2.45) is 0 Å². The van der Waals surface area contributed by atoms with Crippen molar-refractivity contribution in [3.63, 3.8) is 0 Å². The van der Waals surface area contributed by atoms with Crippen molar-refractivity contribution in [3.05, 3.63) is 35.6 Å². The summed E-state index contributed by atoms with van der Waals surface area (Å²) >= 11 is 0. The fourth-order valence-corrected chi connectivity index (χ4v) is 1.45. The number of amides is 1. The lowest BCUT2D eigenvalue weighted by atomic mass is 10.1. The first-order chi connectivity index (χ1) is 8.54. The summed E-state index contributed by atoms with van der Waals surface area (Å²) in [6.07, 6.45) is -0.319. The van der Waals surface area contributed by atoms with Crippen LogP contribution in [0.15, 0.2) is 24.3 Å². The summed E-state index contributed by atoms with van der Waals surface area (Å²) in [5.74, 6) is -2.34. The minimum atomic E-state index is -1.23. The van der Waals surface area contributed by atoms with Gasteiger partial charge >= 0.3 is 5.97 Å². The number of nitrogens with one attached hydrogen (secondary N) is 1. The number of hydrogen-bond acceptors (Lipinski definition) is 3. The standard InChI is InChI=1S/C12H14FNO4/c13-9-4-2-1-3-8(9)7-11(16)14-10(5-6-15)12(17)18/h1-4,10,15H,5-7H2,(H,14,16)(H,17,18)/t10-/m1/s1. The molecule has 1 aromatic rings. The molecule has 0 radical (unpaired) electrons. The van der Waals surface area contributed by atoms with Gasteiger partial charge in [0, 0.05) is 13.0 Å². The Bertz CT molecular complexity index is 436.